The van der Waals surface area contributed by atoms with Crippen molar-refractivity contribution in [1.82, 2.24) is 0 Å². The van der Waals surface area contributed by atoms with Crippen molar-refractivity contribution in [2.24, 2.45) is 0 Å². The van der Waals surface area contributed by atoms with Crippen molar-refractivity contribution in [3.63, 3.8) is 0 Å². The fraction of sp³-hybridized carbons (Fsp3) is 0.167. The maximum absolute atomic E-state index is 11.3. The second kappa shape index (κ2) is 5.11. The second-order valence-electron chi connectivity index (χ2n) is 3.29. The standard InChI is InChI=1S/C12H13NO3/c1-3-5-10(14)13-9-7-4-6-8(2)11(9)12(15)16/h3-7H,1-2H3,(H,13,14)(H,15,16)/b5-3+. The van der Waals surface area contributed by atoms with Gasteiger partial charge in [0, 0.05) is 0 Å². The Morgan fingerprint density at radius 1 is 1.38 bits per heavy atom. The second-order valence-corrected chi connectivity index (χ2v) is 3.29. The molecule has 0 radical (unpaired) electrons. The summed E-state index contributed by atoms with van der Waals surface area (Å²) in [5.74, 6) is -1.38. The van der Waals surface area contributed by atoms with Crippen molar-refractivity contribution >= 4 is 17.6 Å². The summed E-state index contributed by atoms with van der Waals surface area (Å²) in [5.41, 5.74) is 1.06. The summed E-state index contributed by atoms with van der Waals surface area (Å²) in [5, 5.41) is 11.5. The summed E-state index contributed by atoms with van der Waals surface area (Å²) in [6.07, 6.45) is 2.93. The molecule has 84 valence electrons. The largest absolute Gasteiger partial charge is 0.478 e. The van der Waals surface area contributed by atoms with Gasteiger partial charge in [0.2, 0.25) is 5.91 Å². The van der Waals surface area contributed by atoms with Gasteiger partial charge < -0.3 is 10.4 Å². The van der Waals surface area contributed by atoms with Crippen LogP contribution in [0.5, 0.6) is 0 Å². The zero-order chi connectivity index (χ0) is 12.1. The molecule has 0 saturated carbocycles. The first-order chi connectivity index (χ1) is 7.56. The highest BCUT2D eigenvalue weighted by Crippen LogP contribution is 2.19. The van der Waals surface area contributed by atoms with Gasteiger partial charge in [0.1, 0.15) is 0 Å². The summed E-state index contributed by atoms with van der Waals surface area (Å²) in [4.78, 5) is 22.3. The maximum atomic E-state index is 11.3. The van der Waals surface area contributed by atoms with Crippen LogP contribution in [0.15, 0.2) is 30.4 Å². The molecule has 0 aliphatic rings. The molecule has 1 rings (SSSR count). The summed E-state index contributed by atoms with van der Waals surface area (Å²) >= 11 is 0. The molecule has 1 aromatic carbocycles. The molecular formula is C12H13NO3. The van der Waals surface area contributed by atoms with Gasteiger partial charge in [0.25, 0.3) is 0 Å². The molecule has 4 nitrogen and oxygen atoms in total. The minimum atomic E-state index is -1.05. The molecule has 2 N–H and O–H groups in total. The van der Waals surface area contributed by atoms with Crippen molar-refractivity contribution < 1.29 is 14.7 Å². The molecule has 0 unspecified atom stereocenters. The first kappa shape index (κ1) is 12.0. The summed E-state index contributed by atoms with van der Waals surface area (Å²) < 4.78 is 0. The van der Waals surface area contributed by atoms with Gasteiger partial charge in [0.15, 0.2) is 0 Å². The lowest BCUT2D eigenvalue weighted by Gasteiger charge is -2.08. The highest BCUT2D eigenvalue weighted by Gasteiger charge is 2.13. The van der Waals surface area contributed by atoms with Crippen molar-refractivity contribution in [3.05, 3.63) is 41.5 Å². The van der Waals surface area contributed by atoms with Crippen LogP contribution in [0.3, 0.4) is 0 Å². The molecule has 0 bridgehead atoms. The van der Waals surface area contributed by atoms with Crippen LogP contribution in [0, 0.1) is 6.92 Å². The highest BCUT2D eigenvalue weighted by molar-refractivity contribution is 6.05. The third-order valence-electron chi connectivity index (χ3n) is 2.06. The van der Waals surface area contributed by atoms with E-state index in [9.17, 15) is 9.59 Å². The number of carbonyl (C=O) groups is 2. The van der Waals surface area contributed by atoms with Crippen LogP contribution >= 0.6 is 0 Å². The molecule has 0 aliphatic heterocycles. The van der Waals surface area contributed by atoms with Gasteiger partial charge in [-0.3, -0.25) is 4.79 Å². The van der Waals surface area contributed by atoms with Crippen molar-refractivity contribution in [1.29, 1.82) is 0 Å². The monoisotopic (exact) mass is 219 g/mol. The third-order valence-corrected chi connectivity index (χ3v) is 2.06. The molecule has 1 aromatic rings. The van der Waals surface area contributed by atoms with Gasteiger partial charge in [-0.1, -0.05) is 18.2 Å². The third kappa shape index (κ3) is 2.70. The minimum absolute atomic E-state index is 0.125. The number of rotatable bonds is 3. The number of carbonyl (C=O) groups excluding carboxylic acids is 1. The number of aromatic carboxylic acids is 1. The van der Waals surface area contributed by atoms with Gasteiger partial charge in [0.05, 0.1) is 11.3 Å². The topological polar surface area (TPSA) is 66.4 Å². The molecule has 0 aromatic heterocycles. The molecule has 16 heavy (non-hydrogen) atoms. The molecule has 0 aliphatic carbocycles. The molecule has 0 spiro atoms. The van der Waals surface area contributed by atoms with E-state index in [1.54, 1.807) is 38.1 Å². The average Bonchev–Trinajstić information content (AvgIpc) is 2.17. The number of aryl methyl sites for hydroxylation is 1. The number of carboxylic acid groups (broad SMARTS) is 1. The van der Waals surface area contributed by atoms with E-state index in [0.29, 0.717) is 11.3 Å². The predicted molar refractivity (Wildman–Crippen MR) is 61.6 cm³/mol. The van der Waals surface area contributed by atoms with E-state index < -0.39 is 5.97 Å². The average molecular weight is 219 g/mol. The van der Waals surface area contributed by atoms with E-state index in [2.05, 4.69) is 5.32 Å². The normalized spacial score (nSPS) is 10.4. The Morgan fingerprint density at radius 3 is 2.62 bits per heavy atom. The fourth-order valence-electron chi connectivity index (χ4n) is 1.38. The maximum Gasteiger partial charge on any atom is 0.338 e. The summed E-state index contributed by atoms with van der Waals surface area (Å²) in [6.45, 7) is 3.41. The van der Waals surface area contributed by atoms with Crippen LogP contribution in [0.4, 0.5) is 5.69 Å². The molecule has 0 saturated heterocycles. The highest BCUT2D eigenvalue weighted by atomic mass is 16.4. The molecular weight excluding hydrogens is 206 g/mol. The SMILES string of the molecule is C/C=C/C(=O)Nc1cccc(C)c1C(=O)O. The lowest BCUT2D eigenvalue weighted by molar-refractivity contribution is -0.111. The quantitative estimate of drug-likeness (QED) is 0.766. The van der Waals surface area contributed by atoms with Gasteiger partial charge in [-0.25, -0.2) is 4.79 Å². The van der Waals surface area contributed by atoms with Gasteiger partial charge in [-0.05, 0) is 31.6 Å². The number of anilines is 1. The van der Waals surface area contributed by atoms with E-state index >= 15 is 0 Å². The minimum Gasteiger partial charge on any atom is -0.478 e. The Morgan fingerprint density at radius 2 is 2.06 bits per heavy atom. The summed E-state index contributed by atoms with van der Waals surface area (Å²) in [7, 11) is 0. The van der Waals surface area contributed by atoms with Crippen molar-refractivity contribution in [2.75, 3.05) is 5.32 Å². The van der Waals surface area contributed by atoms with E-state index in [0.717, 1.165) is 0 Å². The Labute approximate surface area is 93.6 Å². The number of allylic oxidation sites excluding steroid dienone is 1. The Kier molecular flexibility index (Phi) is 3.83. The van der Waals surface area contributed by atoms with Crippen LogP contribution in [0.2, 0.25) is 0 Å². The van der Waals surface area contributed by atoms with Gasteiger partial charge in [-0.2, -0.15) is 0 Å². The van der Waals surface area contributed by atoms with Crippen LogP contribution in [0.1, 0.15) is 22.8 Å². The van der Waals surface area contributed by atoms with Gasteiger partial charge >= 0.3 is 5.97 Å². The molecule has 0 heterocycles. The van der Waals surface area contributed by atoms with Gasteiger partial charge in [-0.15, -0.1) is 0 Å². The Balaban J connectivity index is 3.09. The molecule has 4 heteroatoms. The number of hydrogen-bond donors (Lipinski definition) is 2. The Hall–Kier alpha value is -2.10. The zero-order valence-corrected chi connectivity index (χ0v) is 9.15. The van der Waals surface area contributed by atoms with E-state index in [1.165, 1.54) is 6.08 Å². The fourth-order valence-corrected chi connectivity index (χ4v) is 1.38. The number of amides is 1. The van der Waals surface area contributed by atoms with E-state index in [-0.39, 0.29) is 11.5 Å². The molecule has 0 atom stereocenters. The number of nitrogens with one attached hydrogen (secondary N) is 1. The van der Waals surface area contributed by atoms with Crippen LogP contribution < -0.4 is 5.32 Å². The smallest absolute Gasteiger partial charge is 0.338 e. The first-order valence-electron chi connectivity index (χ1n) is 4.83. The predicted octanol–water partition coefficient (Wildman–Crippen LogP) is 2.21. The van der Waals surface area contributed by atoms with Crippen LogP contribution in [-0.4, -0.2) is 17.0 Å². The van der Waals surface area contributed by atoms with Crippen LogP contribution in [-0.2, 0) is 4.79 Å². The molecule has 1 amide bonds. The van der Waals surface area contributed by atoms with E-state index in [4.69, 9.17) is 5.11 Å². The van der Waals surface area contributed by atoms with Crippen molar-refractivity contribution in [2.45, 2.75) is 13.8 Å². The first-order valence-corrected chi connectivity index (χ1v) is 4.83. The lowest BCUT2D eigenvalue weighted by Crippen LogP contribution is -2.12. The zero-order valence-electron chi connectivity index (χ0n) is 9.15. The van der Waals surface area contributed by atoms with E-state index in [1.807, 2.05) is 0 Å². The number of benzene rings is 1. The summed E-state index contributed by atoms with van der Waals surface area (Å²) in [6, 6.07) is 4.96. The number of hydrogen-bond acceptors (Lipinski definition) is 2. The molecule has 0 fully saturated rings. The lowest BCUT2D eigenvalue weighted by atomic mass is 10.1. The van der Waals surface area contributed by atoms with Crippen molar-refractivity contribution in [3.8, 4) is 0 Å². The van der Waals surface area contributed by atoms with Crippen LogP contribution in [0.25, 0.3) is 0 Å². The Bertz CT molecular complexity index is 450. The number of carboxylic acids is 1.